The van der Waals surface area contributed by atoms with Crippen LogP contribution < -0.4 is 5.32 Å². The van der Waals surface area contributed by atoms with Crippen molar-refractivity contribution in [2.24, 2.45) is 0 Å². The average molecular weight is 368 g/mol. The molecule has 0 aromatic rings. The quantitative estimate of drug-likeness (QED) is 0.309. The molecule has 0 aliphatic heterocycles. The lowest BCUT2D eigenvalue weighted by Gasteiger charge is -2.39. The van der Waals surface area contributed by atoms with Crippen LogP contribution in [0.1, 0.15) is 38.5 Å². The molecule has 8 nitrogen and oxygen atoms in total. The number of nitrogens with zero attached hydrogens (tertiary/aromatic N) is 1. The Morgan fingerprint density at radius 3 is 2.62 bits per heavy atom. The molecule has 2 aliphatic carbocycles. The number of esters is 1. The summed E-state index contributed by atoms with van der Waals surface area (Å²) in [5, 5.41) is 2.03. The van der Waals surface area contributed by atoms with Crippen LogP contribution in [0.25, 0.3) is 0 Å². The number of methoxy groups -OCH3 is 1. The summed E-state index contributed by atoms with van der Waals surface area (Å²) in [6.45, 7) is 0.777. The molecule has 0 saturated heterocycles. The highest BCUT2D eigenvalue weighted by Gasteiger charge is 2.50. The van der Waals surface area contributed by atoms with Crippen molar-refractivity contribution in [3.63, 3.8) is 0 Å². The van der Waals surface area contributed by atoms with E-state index in [0.717, 1.165) is 32.1 Å². The first-order valence-electron chi connectivity index (χ1n) is 8.99. The summed E-state index contributed by atoms with van der Waals surface area (Å²) in [5.41, 5.74) is -0.731. The second-order valence-corrected chi connectivity index (χ2v) is 6.83. The molecule has 1 unspecified atom stereocenters. The van der Waals surface area contributed by atoms with Gasteiger partial charge in [0.15, 0.2) is 5.60 Å². The number of carbonyl (C=O) groups excluding carboxylic acids is 3. The first-order valence-corrected chi connectivity index (χ1v) is 8.99. The molecule has 1 N–H and O–H groups in total. The van der Waals surface area contributed by atoms with E-state index in [1.54, 1.807) is 25.3 Å². The van der Waals surface area contributed by atoms with E-state index in [9.17, 15) is 14.4 Å². The molecule has 0 heterocycles. The number of nitrogens with one attached hydrogen (secondary N) is 1. The van der Waals surface area contributed by atoms with Gasteiger partial charge < -0.3 is 19.1 Å². The third kappa shape index (κ3) is 6.10. The van der Waals surface area contributed by atoms with Crippen LogP contribution in [-0.4, -0.2) is 68.3 Å². The highest BCUT2D eigenvalue weighted by atomic mass is 16.6. The molecule has 0 bridgehead atoms. The Hall–Kier alpha value is -1.93. The Bertz CT molecular complexity index is 528. The summed E-state index contributed by atoms with van der Waals surface area (Å²) < 4.78 is 16.7. The molecule has 2 fully saturated rings. The lowest BCUT2D eigenvalue weighted by molar-refractivity contribution is -0.190. The van der Waals surface area contributed by atoms with Gasteiger partial charge >= 0.3 is 5.97 Å². The zero-order chi connectivity index (χ0) is 19.0. The van der Waals surface area contributed by atoms with E-state index >= 15 is 0 Å². The number of hydrogen-bond acceptors (Lipinski definition) is 7. The highest BCUT2D eigenvalue weighted by Crippen LogP contribution is 2.42. The molecule has 0 aromatic carbocycles. The van der Waals surface area contributed by atoms with Gasteiger partial charge in [-0.25, -0.2) is 4.79 Å². The molecule has 2 aliphatic rings. The van der Waals surface area contributed by atoms with E-state index in [1.807, 2.05) is 5.32 Å². The van der Waals surface area contributed by atoms with Crippen LogP contribution in [0, 0.1) is 0 Å². The minimum absolute atomic E-state index is 0.175. The minimum Gasteiger partial charge on any atom is -0.461 e. The van der Waals surface area contributed by atoms with Crippen molar-refractivity contribution in [2.75, 3.05) is 27.3 Å². The van der Waals surface area contributed by atoms with Crippen molar-refractivity contribution < 1.29 is 28.6 Å². The lowest BCUT2D eigenvalue weighted by Crippen LogP contribution is -2.50. The van der Waals surface area contributed by atoms with Crippen molar-refractivity contribution in [1.29, 1.82) is 0 Å². The second-order valence-electron chi connectivity index (χ2n) is 6.83. The van der Waals surface area contributed by atoms with Crippen LogP contribution in [-0.2, 0) is 28.6 Å². The van der Waals surface area contributed by atoms with E-state index in [-0.39, 0.29) is 24.8 Å². The molecular formula is C18H28N2O6. The number of carbonyl (C=O) groups is 3. The van der Waals surface area contributed by atoms with Crippen LogP contribution in [0.2, 0.25) is 0 Å². The molecule has 0 radical (unpaired) electrons. The summed E-state index contributed by atoms with van der Waals surface area (Å²) in [6.07, 6.45) is 8.29. The Kier molecular flexibility index (Phi) is 7.59. The molecule has 2 saturated carbocycles. The maximum Gasteiger partial charge on any atom is 0.338 e. The number of ether oxygens (including phenoxy) is 3. The summed E-state index contributed by atoms with van der Waals surface area (Å²) in [7, 11) is 3.38. The standard InChI is InChI=1S/C18H28N2O6/c1-20(11-7-16(22)19-13-21)10-6-15(24-2)12-25-17(23)18(8-3-9-18)26-14-4-5-14/h7,11,13-15H,3-6,8-10,12H2,1-2H3,(H,19,21,22)/b11-7-. The summed E-state index contributed by atoms with van der Waals surface area (Å²) in [6, 6.07) is 0. The van der Waals surface area contributed by atoms with Gasteiger partial charge in [0.05, 0.1) is 12.2 Å². The zero-order valence-corrected chi connectivity index (χ0v) is 15.4. The number of hydrogen-bond donors (Lipinski definition) is 1. The minimum atomic E-state index is -0.731. The van der Waals surface area contributed by atoms with Gasteiger partial charge in [-0.2, -0.15) is 0 Å². The first kappa shape index (κ1) is 20.4. The number of amides is 2. The SMILES string of the molecule is COC(CCN(C)/C=C\C(=O)NC=O)COC(=O)C1(OC2CC2)CCC1. The molecule has 1 atom stereocenters. The van der Waals surface area contributed by atoms with Gasteiger partial charge in [0, 0.05) is 33.0 Å². The molecule has 146 valence electrons. The van der Waals surface area contributed by atoms with Crippen LogP contribution >= 0.6 is 0 Å². The van der Waals surface area contributed by atoms with Crippen molar-refractivity contribution in [1.82, 2.24) is 10.2 Å². The fourth-order valence-corrected chi connectivity index (χ4v) is 2.67. The van der Waals surface area contributed by atoms with Gasteiger partial charge in [0.2, 0.25) is 6.41 Å². The van der Waals surface area contributed by atoms with Crippen LogP contribution in [0.5, 0.6) is 0 Å². The molecular weight excluding hydrogens is 340 g/mol. The smallest absolute Gasteiger partial charge is 0.338 e. The van der Waals surface area contributed by atoms with Gasteiger partial charge in [-0.3, -0.25) is 14.9 Å². The third-order valence-corrected chi connectivity index (χ3v) is 4.67. The highest BCUT2D eigenvalue weighted by molar-refractivity contribution is 5.94. The third-order valence-electron chi connectivity index (χ3n) is 4.67. The predicted molar refractivity (Wildman–Crippen MR) is 93.0 cm³/mol. The largest absolute Gasteiger partial charge is 0.461 e. The van der Waals surface area contributed by atoms with E-state index in [2.05, 4.69) is 0 Å². The summed E-state index contributed by atoms with van der Waals surface area (Å²) in [4.78, 5) is 35.5. The van der Waals surface area contributed by atoms with E-state index in [1.165, 1.54) is 6.08 Å². The van der Waals surface area contributed by atoms with Gasteiger partial charge in [0.25, 0.3) is 5.91 Å². The fraction of sp³-hybridized carbons (Fsp3) is 0.722. The molecule has 2 rings (SSSR count). The fourth-order valence-electron chi connectivity index (χ4n) is 2.67. The Morgan fingerprint density at radius 2 is 2.08 bits per heavy atom. The first-order chi connectivity index (χ1) is 12.5. The molecule has 0 aromatic heterocycles. The molecule has 0 spiro atoms. The second kappa shape index (κ2) is 9.68. The number of rotatable bonds is 12. The Labute approximate surface area is 153 Å². The van der Waals surface area contributed by atoms with Gasteiger partial charge in [-0.05, 0) is 38.5 Å². The van der Waals surface area contributed by atoms with E-state index in [4.69, 9.17) is 14.2 Å². The van der Waals surface area contributed by atoms with Gasteiger partial charge in [-0.1, -0.05) is 0 Å². The zero-order valence-electron chi connectivity index (χ0n) is 15.4. The van der Waals surface area contributed by atoms with E-state index in [0.29, 0.717) is 19.4 Å². The van der Waals surface area contributed by atoms with E-state index < -0.39 is 11.5 Å². The normalized spacial score (nSPS) is 19.5. The van der Waals surface area contributed by atoms with Crippen molar-refractivity contribution in [3.8, 4) is 0 Å². The molecule has 2 amide bonds. The van der Waals surface area contributed by atoms with Gasteiger partial charge in [-0.15, -0.1) is 0 Å². The average Bonchev–Trinajstić information content (AvgIpc) is 3.40. The summed E-state index contributed by atoms with van der Waals surface area (Å²) in [5.74, 6) is -0.762. The lowest BCUT2D eigenvalue weighted by atomic mass is 9.80. The Morgan fingerprint density at radius 1 is 1.35 bits per heavy atom. The monoisotopic (exact) mass is 368 g/mol. The van der Waals surface area contributed by atoms with Crippen LogP contribution in [0.4, 0.5) is 0 Å². The van der Waals surface area contributed by atoms with Crippen LogP contribution in [0.15, 0.2) is 12.3 Å². The van der Waals surface area contributed by atoms with Crippen molar-refractivity contribution in [3.05, 3.63) is 12.3 Å². The Balaban J connectivity index is 1.70. The maximum atomic E-state index is 12.4. The molecule has 26 heavy (non-hydrogen) atoms. The summed E-state index contributed by atoms with van der Waals surface area (Å²) >= 11 is 0. The maximum absolute atomic E-state index is 12.4. The van der Waals surface area contributed by atoms with Crippen molar-refractivity contribution >= 4 is 18.3 Å². The topological polar surface area (TPSA) is 94.2 Å². The van der Waals surface area contributed by atoms with Crippen molar-refractivity contribution in [2.45, 2.75) is 56.3 Å². The molecule has 8 heteroatoms. The van der Waals surface area contributed by atoms with Gasteiger partial charge in [0.1, 0.15) is 6.61 Å². The van der Waals surface area contributed by atoms with Crippen LogP contribution in [0.3, 0.4) is 0 Å². The predicted octanol–water partition coefficient (Wildman–Crippen LogP) is 0.755. The number of imide groups is 1.